The van der Waals surface area contributed by atoms with Crippen LogP contribution in [0.5, 0.6) is 5.75 Å². The number of nitrogens with two attached hydrogens (primary N) is 1. The summed E-state index contributed by atoms with van der Waals surface area (Å²) >= 11 is 0. The summed E-state index contributed by atoms with van der Waals surface area (Å²) in [5.74, 6) is -0.313. The van der Waals surface area contributed by atoms with Crippen molar-refractivity contribution in [3.05, 3.63) is 77.8 Å². The van der Waals surface area contributed by atoms with E-state index in [1.165, 1.54) is 0 Å². The molecular formula is C22H20N2O4. The summed E-state index contributed by atoms with van der Waals surface area (Å²) in [6.45, 7) is 0.753. The van der Waals surface area contributed by atoms with Crippen LogP contribution in [0.1, 0.15) is 16.8 Å². The average Bonchev–Trinajstić information content (AvgIpc) is 3.35. The zero-order valence-corrected chi connectivity index (χ0v) is 15.1. The van der Waals surface area contributed by atoms with E-state index in [0.717, 1.165) is 33.4 Å². The molecule has 0 fully saturated rings. The smallest absolute Gasteiger partial charge is 0.307 e. The van der Waals surface area contributed by atoms with Gasteiger partial charge in [0.25, 0.3) is 0 Å². The SMILES string of the molecule is NCc1cc(-c2cc(COc3ccccc3CC(=O)O)cc3ccoc23)c[nH]1. The molecule has 0 aliphatic carbocycles. The van der Waals surface area contributed by atoms with E-state index in [4.69, 9.17) is 20.0 Å². The molecule has 4 rings (SSSR count). The predicted molar refractivity (Wildman–Crippen MR) is 106 cm³/mol. The standard InChI is InChI=1S/C22H20N2O4/c23-11-18-9-17(12-24-18)19-8-14(7-16-5-6-27-22(16)19)13-28-20-4-2-1-3-15(20)10-21(25)26/h1-9,12,24H,10-11,13,23H2,(H,25,26). The number of carbonyl (C=O) groups is 1. The molecule has 6 heteroatoms. The van der Waals surface area contributed by atoms with Gasteiger partial charge >= 0.3 is 5.97 Å². The van der Waals surface area contributed by atoms with Crippen molar-refractivity contribution in [3.63, 3.8) is 0 Å². The second-order valence-corrected chi connectivity index (χ2v) is 6.57. The van der Waals surface area contributed by atoms with Gasteiger partial charge in [-0.25, -0.2) is 0 Å². The van der Waals surface area contributed by atoms with Gasteiger partial charge in [-0.3, -0.25) is 4.79 Å². The highest BCUT2D eigenvalue weighted by atomic mass is 16.5. The van der Waals surface area contributed by atoms with Crippen LogP contribution >= 0.6 is 0 Å². The van der Waals surface area contributed by atoms with Gasteiger partial charge in [0.05, 0.1) is 12.7 Å². The lowest BCUT2D eigenvalue weighted by Crippen LogP contribution is -2.04. The van der Waals surface area contributed by atoms with Crippen LogP contribution in [-0.4, -0.2) is 16.1 Å². The number of nitrogens with one attached hydrogen (secondary N) is 1. The monoisotopic (exact) mass is 376 g/mol. The van der Waals surface area contributed by atoms with Crippen molar-refractivity contribution in [1.82, 2.24) is 4.98 Å². The second-order valence-electron chi connectivity index (χ2n) is 6.57. The number of carboxylic acid groups (broad SMARTS) is 1. The van der Waals surface area contributed by atoms with Crippen molar-refractivity contribution in [2.45, 2.75) is 19.6 Å². The number of aromatic amines is 1. The number of para-hydroxylation sites is 1. The lowest BCUT2D eigenvalue weighted by Gasteiger charge is -2.11. The Balaban J connectivity index is 1.64. The van der Waals surface area contributed by atoms with E-state index in [2.05, 4.69) is 4.98 Å². The Kier molecular flexibility index (Phi) is 4.87. The largest absolute Gasteiger partial charge is 0.489 e. The fourth-order valence-electron chi connectivity index (χ4n) is 3.27. The van der Waals surface area contributed by atoms with Crippen molar-refractivity contribution in [2.24, 2.45) is 5.73 Å². The number of hydrogen-bond donors (Lipinski definition) is 3. The molecule has 0 aliphatic heterocycles. The third kappa shape index (κ3) is 3.63. The first-order valence-corrected chi connectivity index (χ1v) is 8.94. The summed E-state index contributed by atoms with van der Waals surface area (Å²) in [6.07, 6.45) is 3.50. The molecule has 0 bridgehead atoms. The normalized spacial score (nSPS) is 11.0. The maximum absolute atomic E-state index is 11.1. The molecule has 0 spiro atoms. The molecule has 28 heavy (non-hydrogen) atoms. The number of hydrogen-bond acceptors (Lipinski definition) is 4. The van der Waals surface area contributed by atoms with Crippen LogP contribution in [0.3, 0.4) is 0 Å². The van der Waals surface area contributed by atoms with Gasteiger partial charge in [-0.15, -0.1) is 0 Å². The topological polar surface area (TPSA) is 101 Å². The van der Waals surface area contributed by atoms with E-state index < -0.39 is 5.97 Å². The first-order chi connectivity index (χ1) is 13.6. The first kappa shape index (κ1) is 17.9. The third-order valence-electron chi connectivity index (χ3n) is 4.59. The fraction of sp³-hybridized carbons (Fsp3) is 0.136. The van der Waals surface area contributed by atoms with Crippen molar-refractivity contribution >= 4 is 16.9 Å². The zero-order valence-electron chi connectivity index (χ0n) is 15.1. The summed E-state index contributed by atoms with van der Waals surface area (Å²) in [5, 5.41) is 10.1. The Bertz CT molecular complexity index is 1130. The number of aliphatic carboxylic acids is 1. The molecule has 0 radical (unpaired) electrons. The fourth-order valence-corrected chi connectivity index (χ4v) is 3.27. The minimum atomic E-state index is -0.888. The van der Waals surface area contributed by atoms with Crippen molar-refractivity contribution in [2.75, 3.05) is 0 Å². The Morgan fingerprint density at radius 1 is 1.18 bits per heavy atom. The van der Waals surface area contributed by atoms with Crippen LogP contribution in [-0.2, 0) is 24.4 Å². The summed E-state index contributed by atoms with van der Waals surface area (Å²) in [6, 6.07) is 15.1. The number of fused-ring (bicyclic) bond motifs is 1. The van der Waals surface area contributed by atoms with E-state index in [1.54, 1.807) is 18.4 Å². The van der Waals surface area contributed by atoms with Gasteiger partial charge < -0.3 is 25.0 Å². The van der Waals surface area contributed by atoms with Crippen molar-refractivity contribution in [3.8, 4) is 16.9 Å². The maximum Gasteiger partial charge on any atom is 0.307 e. The van der Waals surface area contributed by atoms with Crippen molar-refractivity contribution < 1.29 is 19.1 Å². The predicted octanol–water partition coefficient (Wildman–Crippen LogP) is 4.09. The average molecular weight is 376 g/mol. The molecule has 0 atom stereocenters. The molecular weight excluding hydrogens is 356 g/mol. The Morgan fingerprint density at radius 3 is 2.82 bits per heavy atom. The molecule has 142 valence electrons. The summed E-state index contributed by atoms with van der Waals surface area (Å²) < 4.78 is 11.6. The minimum absolute atomic E-state index is 0.0760. The van der Waals surface area contributed by atoms with Crippen LogP contribution in [0.15, 0.2) is 65.4 Å². The van der Waals surface area contributed by atoms with Gasteiger partial charge in [-0.2, -0.15) is 0 Å². The number of rotatable bonds is 7. The zero-order chi connectivity index (χ0) is 19.5. The number of ether oxygens (including phenoxy) is 1. The molecule has 6 nitrogen and oxygen atoms in total. The van der Waals surface area contributed by atoms with Gasteiger partial charge in [0.15, 0.2) is 0 Å². The van der Waals surface area contributed by atoms with Crippen LogP contribution in [0.4, 0.5) is 0 Å². The van der Waals surface area contributed by atoms with Gasteiger partial charge in [0.2, 0.25) is 0 Å². The molecule has 4 N–H and O–H groups in total. The number of furan rings is 1. The van der Waals surface area contributed by atoms with Crippen LogP contribution in [0.25, 0.3) is 22.1 Å². The van der Waals surface area contributed by atoms with Crippen LogP contribution in [0.2, 0.25) is 0 Å². The molecule has 2 heterocycles. The third-order valence-corrected chi connectivity index (χ3v) is 4.59. The molecule has 0 saturated heterocycles. The van der Waals surface area contributed by atoms with Gasteiger partial charge in [-0.05, 0) is 35.9 Å². The van der Waals surface area contributed by atoms with Crippen molar-refractivity contribution in [1.29, 1.82) is 0 Å². The van der Waals surface area contributed by atoms with E-state index in [-0.39, 0.29) is 6.42 Å². The lowest BCUT2D eigenvalue weighted by atomic mass is 10.0. The summed E-state index contributed by atoms with van der Waals surface area (Å²) in [5.41, 5.74) is 11.0. The minimum Gasteiger partial charge on any atom is -0.489 e. The lowest BCUT2D eigenvalue weighted by molar-refractivity contribution is -0.136. The van der Waals surface area contributed by atoms with Gasteiger partial charge in [0, 0.05) is 40.5 Å². The van der Waals surface area contributed by atoms with E-state index in [1.807, 2.05) is 42.6 Å². The summed E-state index contributed by atoms with van der Waals surface area (Å²) in [4.78, 5) is 14.2. The molecule has 0 saturated carbocycles. The molecule has 0 aliphatic rings. The molecule has 4 aromatic rings. The van der Waals surface area contributed by atoms with E-state index in [9.17, 15) is 4.79 Å². The quantitative estimate of drug-likeness (QED) is 0.451. The number of aromatic nitrogens is 1. The van der Waals surface area contributed by atoms with Crippen LogP contribution < -0.4 is 10.5 Å². The Hall–Kier alpha value is -3.51. The maximum atomic E-state index is 11.1. The van der Waals surface area contributed by atoms with E-state index in [0.29, 0.717) is 24.5 Å². The summed E-state index contributed by atoms with van der Waals surface area (Å²) in [7, 11) is 0. The highest BCUT2D eigenvalue weighted by Gasteiger charge is 2.13. The van der Waals surface area contributed by atoms with E-state index >= 15 is 0 Å². The molecule has 0 amide bonds. The Labute approximate surface area is 161 Å². The number of benzene rings is 2. The van der Waals surface area contributed by atoms with Gasteiger partial charge in [-0.1, -0.05) is 18.2 Å². The van der Waals surface area contributed by atoms with Crippen LogP contribution in [0, 0.1) is 0 Å². The highest BCUT2D eigenvalue weighted by molar-refractivity contribution is 5.93. The Morgan fingerprint density at radius 2 is 2.04 bits per heavy atom. The number of carboxylic acids is 1. The molecule has 2 aromatic carbocycles. The second kappa shape index (κ2) is 7.62. The molecule has 2 aromatic heterocycles. The number of H-pyrrole nitrogens is 1. The highest BCUT2D eigenvalue weighted by Crippen LogP contribution is 2.32. The molecule has 0 unspecified atom stereocenters. The first-order valence-electron chi connectivity index (χ1n) is 8.94. The van der Waals surface area contributed by atoms with Gasteiger partial charge in [0.1, 0.15) is 17.9 Å².